The maximum Gasteiger partial charge on any atom is 0.165 e. The van der Waals surface area contributed by atoms with Gasteiger partial charge in [-0.15, -0.1) is 0 Å². The fourth-order valence-corrected chi connectivity index (χ4v) is 1.75. The molecule has 0 fully saturated rings. The Balaban J connectivity index is 2.73. The maximum absolute atomic E-state index is 11.3. The average molecular weight is 202 g/mol. The molecular weight excluding hydrogens is 192 g/mol. The summed E-state index contributed by atoms with van der Waals surface area (Å²) in [6.07, 6.45) is 0. The van der Waals surface area contributed by atoms with Gasteiger partial charge in [-0.25, -0.2) is 0 Å². The minimum atomic E-state index is -0.243. The van der Waals surface area contributed by atoms with Crippen LogP contribution in [-0.4, -0.2) is 16.6 Å². The van der Waals surface area contributed by atoms with E-state index in [0.29, 0.717) is 16.8 Å². The van der Waals surface area contributed by atoms with Gasteiger partial charge in [0.1, 0.15) is 11.5 Å². The first-order valence-corrected chi connectivity index (χ1v) is 4.49. The summed E-state index contributed by atoms with van der Waals surface area (Å²) in [5.41, 5.74) is 1.85. The number of carbonyl (C=O) groups excluding carboxylic acids is 1. The van der Waals surface area contributed by atoms with Gasteiger partial charge in [0, 0.05) is 11.1 Å². The standard InChI is InChI=1S/C11H10N2O2/c1-6(14)9-10(13-12)7-4-2-3-5-8(7)11(9)15/h2-5,15H,12H2,1H3/b13-10-. The van der Waals surface area contributed by atoms with Gasteiger partial charge in [0.25, 0.3) is 0 Å². The molecule has 2 rings (SSSR count). The number of fused-ring (bicyclic) bond motifs is 1. The monoisotopic (exact) mass is 202 g/mol. The summed E-state index contributed by atoms with van der Waals surface area (Å²) in [7, 11) is 0. The molecule has 3 N–H and O–H groups in total. The van der Waals surface area contributed by atoms with Crippen LogP contribution in [0.3, 0.4) is 0 Å². The fraction of sp³-hybridized carbons (Fsp3) is 0.0909. The number of allylic oxidation sites excluding steroid dienone is 1. The Labute approximate surface area is 86.7 Å². The molecule has 0 unspecified atom stereocenters. The Bertz CT molecular complexity index is 501. The van der Waals surface area contributed by atoms with Gasteiger partial charge >= 0.3 is 0 Å². The van der Waals surface area contributed by atoms with Crippen molar-refractivity contribution in [3.63, 3.8) is 0 Å². The third-order valence-electron chi connectivity index (χ3n) is 2.39. The van der Waals surface area contributed by atoms with E-state index < -0.39 is 0 Å². The molecule has 0 atom stereocenters. The van der Waals surface area contributed by atoms with Crippen LogP contribution in [0.4, 0.5) is 0 Å². The largest absolute Gasteiger partial charge is 0.506 e. The average Bonchev–Trinajstić information content (AvgIpc) is 2.52. The van der Waals surface area contributed by atoms with Crippen molar-refractivity contribution in [1.29, 1.82) is 0 Å². The molecule has 0 bridgehead atoms. The van der Waals surface area contributed by atoms with E-state index in [0.717, 1.165) is 0 Å². The van der Waals surface area contributed by atoms with Crippen LogP contribution < -0.4 is 5.84 Å². The van der Waals surface area contributed by atoms with Crippen molar-refractivity contribution in [3.8, 4) is 0 Å². The Morgan fingerprint density at radius 3 is 2.47 bits per heavy atom. The second kappa shape index (κ2) is 3.24. The van der Waals surface area contributed by atoms with Crippen molar-refractivity contribution in [2.45, 2.75) is 6.92 Å². The molecule has 1 aromatic carbocycles. The first-order chi connectivity index (χ1) is 7.16. The molecule has 1 aliphatic carbocycles. The van der Waals surface area contributed by atoms with Gasteiger partial charge in [0.05, 0.1) is 5.57 Å². The van der Waals surface area contributed by atoms with Gasteiger partial charge in [0.15, 0.2) is 5.78 Å². The van der Waals surface area contributed by atoms with Gasteiger partial charge in [-0.3, -0.25) is 4.79 Å². The molecule has 0 heterocycles. The van der Waals surface area contributed by atoms with Crippen LogP contribution in [0, 0.1) is 0 Å². The molecule has 76 valence electrons. The normalized spacial score (nSPS) is 17.0. The third-order valence-corrected chi connectivity index (χ3v) is 2.39. The van der Waals surface area contributed by atoms with Crippen LogP contribution in [-0.2, 0) is 4.79 Å². The zero-order valence-electron chi connectivity index (χ0n) is 8.19. The molecule has 1 aromatic rings. The zero-order valence-corrected chi connectivity index (χ0v) is 8.19. The molecule has 0 saturated carbocycles. The highest BCUT2D eigenvalue weighted by Crippen LogP contribution is 2.31. The first kappa shape index (κ1) is 9.45. The number of nitrogens with zero attached hydrogens (tertiary/aromatic N) is 1. The summed E-state index contributed by atoms with van der Waals surface area (Å²) >= 11 is 0. The third kappa shape index (κ3) is 1.22. The van der Waals surface area contributed by atoms with Gasteiger partial charge in [-0.1, -0.05) is 24.3 Å². The number of hydrogen-bond acceptors (Lipinski definition) is 4. The summed E-state index contributed by atoms with van der Waals surface area (Å²) in [6.45, 7) is 1.38. The highest BCUT2D eigenvalue weighted by Gasteiger charge is 2.29. The lowest BCUT2D eigenvalue weighted by Gasteiger charge is -1.99. The van der Waals surface area contributed by atoms with Crippen molar-refractivity contribution in [2.24, 2.45) is 10.9 Å². The molecule has 0 spiro atoms. The highest BCUT2D eigenvalue weighted by molar-refractivity contribution is 6.35. The van der Waals surface area contributed by atoms with E-state index in [9.17, 15) is 9.90 Å². The van der Waals surface area contributed by atoms with Crippen molar-refractivity contribution in [3.05, 3.63) is 41.0 Å². The van der Waals surface area contributed by atoms with Crippen LogP contribution in [0.2, 0.25) is 0 Å². The molecule has 0 saturated heterocycles. The number of nitrogens with two attached hydrogens (primary N) is 1. The van der Waals surface area contributed by atoms with Crippen molar-refractivity contribution < 1.29 is 9.90 Å². The van der Waals surface area contributed by atoms with Crippen molar-refractivity contribution in [2.75, 3.05) is 0 Å². The van der Waals surface area contributed by atoms with Gasteiger partial charge in [-0.05, 0) is 6.92 Å². The molecule has 1 aliphatic rings. The molecule has 0 aliphatic heterocycles. The zero-order chi connectivity index (χ0) is 11.0. The number of hydrogen-bond donors (Lipinski definition) is 2. The van der Waals surface area contributed by atoms with E-state index in [1.165, 1.54) is 6.92 Å². The number of ketones is 1. The quantitative estimate of drug-likeness (QED) is 0.531. The Hall–Kier alpha value is -2.10. The van der Waals surface area contributed by atoms with Crippen LogP contribution in [0.1, 0.15) is 18.1 Å². The summed E-state index contributed by atoms with van der Waals surface area (Å²) in [5.74, 6) is 4.95. The lowest BCUT2D eigenvalue weighted by Crippen LogP contribution is -2.10. The Kier molecular flexibility index (Phi) is 2.04. The minimum Gasteiger partial charge on any atom is -0.506 e. The smallest absolute Gasteiger partial charge is 0.165 e. The number of aliphatic hydroxyl groups is 1. The topological polar surface area (TPSA) is 75.7 Å². The lowest BCUT2D eigenvalue weighted by molar-refractivity contribution is -0.113. The molecule has 0 radical (unpaired) electrons. The summed E-state index contributed by atoms with van der Waals surface area (Å²) in [6, 6.07) is 7.09. The van der Waals surface area contributed by atoms with E-state index in [1.54, 1.807) is 24.3 Å². The van der Waals surface area contributed by atoms with Gasteiger partial charge in [0.2, 0.25) is 0 Å². The van der Waals surface area contributed by atoms with E-state index in [4.69, 9.17) is 5.84 Å². The predicted molar refractivity (Wildman–Crippen MR) is 57.4 cm³/mol. The summed E-state index contributed by atoms with van der Waals surface area (Å²) in [5, 5.41) is 13.4. The lowest BCUT2D eigenvalue weighted by atomic mass is 10.1. The van der Waals surface area contributed by atoms with Gasteiger partial charge < -0.3 is 10.9 Å². The number of benzene rings is 1. The first-order valence-electron chi connectivity index (χ1n) is 4.49. The molecule has 0 aromatic heterocycles. The van der Waals surface area contributed by atoms with Crippen LogP contribution in [0.25, 0.3) is 5.76 Å². The summed E-state index contributed by atoms with van der Waals surface area (Å²) in [4.78, 5) is 11.3. The molecule has 0 amide bonds. The SMILES string of the molecule is CC(=O)C1=C(O)c2ccccc2/C1=N/N. The second-order valence-electron chi connectivity index (χ2n) is 3.30. The molecule has 4 heteroatoms. The molecule has 4 nitrogen and oxygen atoms in total. The Morgan fingerprint density at radius 1 is 1.33 bits per heavy atom. The van der Waals surface area contributed by atoms with E-state index in [1.807, 2.05) is 0 Å². The van der Waals surface area contributed by atoms with Crippen molar-refractivity contribution in [1.82, 2.24) is 0 Å². The van der Waals surface area contributed by atoms with Crippen LogP contribution in [0.5, 0.6) is 0 Å². The number of rotatable bonds is 1. The number of carbonyl (C=O) groups is 1. The van der Waals surface area contributed by atoms with Crippen LogP contribution >= 0.6 is 0 Å². The molecular formula is C11H10N2O2. The fourth-order valence-electron chi connectivity index (χ4n) is 1.75. The van der Waals surface area contributed by atoms with Gasteiger partial charge in [-0.2, -0.15) is 5.10 Å². The summed E-state index contributed by atoms with van der Waals surface area (Å²) < 4.78 is 0. The van der Waals surface area contributed by atoms with Crippen molar-refractivity contribution >= 4 is 17.3 Å². The van der Waals surface area contributed by atoms with E-state index in [2.05, 4.69) is 5.10 Å². The highest BCUT2D eigenvalue weighted by atomic mass is 16.3. The number of hydrazone groups is 1. The number of Topliss-reactive ketones (excluding diaryl/α,β-unsaturated/α-hetero) is 1. The van der Waals surface area contributed by atoms with E-state index >= 15 is 0 Å². The second-order valence-corrected chi connectivity index (χ2v) is 3.30. The maximum atomic E-state index is 11.3. The van der Waals surface area contributed by atoms with E-state index in [-0.39, 0.29) is 17.1 Å². The number of aliphatic hydroxyl groups excluding tert-OH is 1. The predicted octanol–water partition coefficient (Wildman–Crippen LogP) is 1.22. The van der Waals surface area contributed by atoms with Crippen LogP contribution in [0.15, 0.2) is 34.9 Å². The molecule has 15 heavy (non-hydrogen) atoms. The Morgan fingerprint density at radius 2 is 1.93 bits per heavy atom. The minimum absolute atomic E-state index is 0.0395.